The van der Waals surface area contributed by atoms with Gasteiger partial charge in [0, 0.05) is 22.5 Å². The maximum Gasteiger partial charge on any atom is 0.123 e. The van der Waals surface area contributed by atoms with Gasteiger partial charge < -0.3 is 5.32 Å². The lowest BCUT2D eigenvalue weighted by atomic mass is 9.92. The lowest BCUT2D eigenvalue weighted by Gasteiger charge is -2.16. The molecule has 0 saturated carbocycles. The topological polar surface area (TPSA) is 12.0 Å². The summed E-state index contributed by atoms with van der Waals surface area (Å²) in [5.74, 6) is 0.255. The second-order valence-electron chi connectivity index (χ2n) is 4.36. The van der Waals surface area contributed by atoms with Gasteiger partial charge in [-0.15, -0.1) is 0 Å². The average Bonchev–Trinajstić information content (AvgIpc) is 2.50. The summed E-state index contributed by atoms with van der Waals surface area (Å²) in [5, 5.41) is 3.47. The van der Waals surface area contributed by atoms with Crippen LogP contribution in [0.4, 0.5) is 4.39 Å². The van der Waals surface area contributed by atoms with Crippen LogP contribution in [0.15, 0.2) is 22.7 Å². The molecule has 82 valence electrons. The molecule has 0 aliphatic carbocycles. The highest BCUT2D eigenvalue weighted by Crippen LogP contribution is 2.35. The van der Waals surface area contributed by atoms with E-state index in [0.29, 0.717) is 18.0 Å². The highest BCUT2D eigenvalue weighted by Gasteiger charge is 2.30. The highest BCUT2D eigenvalue weighted by atomic mass is 79.9. The SMILES string of the molecule is CC1CC(c2cc(F)ccc2Br)C(C)N1. The van der Waals surface area contributed by atoms with Crippen molar-refractivity contribution in [3.63, 3.8) is 0 Å². The van der Waals surface area contributed by atoms with Crippen LogP contribution < -0.4 is 5.32 Å². The normalized spacial score (nSPS) is 30.8. The summed E-state index contributed by atoms with van der Waals surface area (Å²) in [6, 6.07) is 5.85. The molecule has 1 aromatic carbocycles. The van der Waals surface area contributed by atoms with Crippen molar-refractivity contribution in [1.82, 2.24) is 5.32 Å². The molecule has 1 nitrogen and oxygen atoms in total. The molecule has 3 heteroatoms. The van der Waals surface area contributed by atoms with E-state index in [1.807, 2.05) is 0 Å². The van der Waals surface area contributed by atoms with Crippen molar-refractivity contribution < 1.29 is 4.39 Å². The number of benzene rings is 1. The van der Waals surface area contributed by atoms with Crippen LogP contribution in [0.1, 0.15) is 31.7 Å². The molecule has 1 fully saturated rings. The quantitative estimate of drug-likeness (QED) is 0.825. The first-order valence-corrected chi connectivity index (χ1v) is 6.08. The van der Waals surface area contributed by atoms with Gasteiger partial charge in [0.15, 0.2) is 0 Å². The van der Waals surface area contributed by atoms with Crippen LogP contribution in [0.5, 0.6) is 0 Å². The average molecular weight is 272 g/mol. The van der Waals surface area contributed by atoms with Crippen molar-refractivity contribution in [1.29, 1.82) is 0 Å². The summed E-state index contributed by atoms with van der Waals surface area (Å²) in [6.07, 6.45) is 1.07. The molecule has 1 heterocycles. The zero-order valence-corrected chi connectivity index (χ0v) is 10.5. The molecule has 1 aliphatic heterocycles. The Bertz CT molecular complexity index is 367. The van der Waals surface area contributed by atoms with Crippen molar-refractivity contribution in [2.45, 2.75) is 38.3 Å². The van der Waals surface area contributed by atoms with Crippen molar-refractivity contribution >= 4 is 15.9 Å². The Morgan fingerprint density at radius 1 is 1.40 bits per heavy atom. The first kappa shape index (κ1) is 11.1. The summed E-state index contributed by atoms with van der Waals surface area (Å²) in [4.78, 5) is 0. The Hall–Kier alpha value is -0.410. The number of rotatable bonds is 1. The maximum absolute atomic E-state index is 13.2. The van der Waals surface area contributed by atoms with E-state index < -0.39 is 0 Å². The van der Waals surface area contributed by atoms with Gasteiger partial charge in [-0.05, 0) is 44.0 Å². The van der Waals surface area contributed by atoms with Gasteiger partial charge in [0.05, 0.1) is 0 Å². The molecular formula is C12H15BrFN. The predicted molar refractivity (Wildman–Crippen MR) is 63.5 cm³/mol. The van der Waals surface area contributed by atoms with Gasteiger partial charge >= 0.3 is 0 Å². The lowest BCUT2D eigenvalue weighted by Crippen LogP contribution is -2.26. The van der Waals surface area contributed by atoms with Gasteiger partial charge in [0.25, 0.3) is 0 Å². The fraction of sp³-hybridized carbons (Fsp3) is 0.500. The highest BCUT2D eigenvalue weighted by molar-refractivity contribution is 9.10. The van der Waals surface area contributed by atoms with E-state index in [9.17, 15) is 4.39 Å². The molecule has 1 aromatic rings. The first-order valence-electron chi connectivity index (χ1n) is 5.29. The third-order valence-corrected chi connectivity index (χ3v) is 3.84. The minimum Gasteiger partial charge on any atom is -0.311 e. The van der Waals surface area contributed by atoms with Crippen molar-refractivity contribution in [2.24, 2.45) is 0 Å². The van der Waals surface area contributed by atoms with Gasteiger partial charge in [-0.25, -0.2) is 4.39 Å². The molecule has 0 bridgehead atoms. The summed E-state index contributed by atoms with van der Waals surface area (Å²) < 4.78 is 14.2. The minimum absolute atomic E-state index is 0.153. The molecule has 0 amide bonds. The van der Waals surface area contributed by atoms with Crippen LogP contribution >= 0.6 is 15.9 Å². The van der Waals surface area contributed by atoms with Crippen LogP contribution in [0.3, 0.4) is 0 Å². The zero-order chi connectivity index (χ0) is 11.0. The van der Waals surface area contributed by atoms with Gasteiger partial charge in [-0.2, -0.15) is 0 Å². The smallest absolute Gasteiger partial charge is 0.123 e. The van der Waals surface area contributed by atoms with E-state index in [1.54, 1.807) is 12.1 Å². The third-order valence-electron chi connectivity index (χ3n) is 3.12. The summed E-state index contributed by atoms with van der Waals surface area (Å²) in [5.41, 5.74) is 1.08. The summed E-state index contributed by atoms with van der Waals surface area (Å²) in [7, 11) is 0. The molecule has 3 unspecified atom stereocenters. The second-order valence-corrected chi connectivity index (χ2v) is 5.22. The molecule has 0 spiro atoms. The molecular weight excluding hydrogens is 257 g/mol. The maximum atomic E-state index is 13.2. The van der Waals surface area contributed by atoms with Crippen LogP contribution in [-0.2, 0) is 0 Å². The minimum atomic E-state index is -0.153. The Morgan fingerprint density at radius 3 is 2.73 bits per heavy atom. The van der Waals surface area contributed by atoms with Gasteiger partial charge in [0.1, 0.15) is 5.82 Å². The van der Waals surface area contributed by atoms with Crippen molar-refractivity contribution in [2.75, 3.05) is 0 Å². The number of nitrogens with one attached hydrogen (secondary N) is 1. The second kappa shape index (κ2) is 4.22. The predicted octanol–water partition coefficient (Wildman–Crippen LogP) is 3.44. The van der Waals surface area contributed by atoms with E-state index in [1.165, 1.54) is 6.07 Å². The zero-order valence-electron chi connectivity index (χ0n) is 8.93. The summed E-state index contributed by atoms with van der Waals surface area (Å²) in [6.45, 7) is 4.33. The van der Waals surface area contributed by atoms with Crippen molar-refractivity contribution in [3.05, 3.63) is 34.1 Å². The molecule has 15 heavy (non-hydrogen) atoms. The standard InChI is InChI=1S/C12H15BrFN/c1-7-5-10(8(2)15-7)11-6-9(14)3-4-12(11)13/h3-4,6-8,10,15H,5H2,1-2H3. The van der Waals surface area contributed by atoms with Gasteiger partial charge in [-0.1, -0.05) is 15.9 Å². The van der Waals surface area contributed by atoms with Crippen LogP contribution in [-0.4, -0.2) is 12.1 Å². The fourth-order valence-electron chi connectivity index (χ4n) is 2.41. The Morgan fingerprint density at radius 2 is 2.13 bits per heavy atom. The first-order chi connectivity index (χ1) is 7.08. The molecule has 3 atom stereocenters. The van der Waals surface area contributed by atoms with Crippen molar-refractivity contribution in [3.8, 4) is 0 Å². The fourth-order valence-corrected chi connectivity index (χ4v) is 2.95. The summed E-state index contributed by atoms with van der Waals surface area (Å²) >= 11 is 3.49. The lowest BCUT2D eigenvalue weighted by molar-refractivity contribution is 0.569. The Kier molecular flexibility index (Phi) is 3.12. The van der Waals surface area contributed by atoms with Gasteiger partial charge in [0.2, 0.25) is 0 Å². The number of halogens is 2. The van der Waals surface area contributed by atoms with Crippen LogP contribution in [0, 0.1) is 5.82 Å². The van der Waals surface area contributed by atoms with Crippen LogP contribution in [0.25, 0.3) is 0 Å². The Labute approximate surface area is 98.2 Å². The molecule has 1 saturated heterocycles. The third kappa shape index (κ3) is 2.23. The Balaban J connectivity index is 2.32. The number of hydrogen-bond acceptors (Lipinski definition) is 1. The molecule has 2 rings (SSSR count). The molecule has 0 radical (unpaired) electrons. The van der Waals surface area contributed by atoms with E-state index in [4.69, 9.17) is 0 Å². The largest absolute Gasteiger partial charge is 0.311 e. The van der Waals surface area contributed by atoms with E-state index in [0.717, 1.165) is 16.5 Å². The molecule has 0 aromatic heterocycles. The molecule has 1 aliphatic rings. The van der Waals surface area contributed by atoms with Gasteiger partial charge in [-0.3, -0.25) is 0 Å². The number of hydrogen-bond donors (Lipinski definition) is 1. The molecule has 1 N–H and O–H groups in total. The van der Waals surface area contributed by atoms with E-state index in [-0.39, 0.29) is 5.82 Å². The van der Waals surface area contributed by atoms with E-state index >= 15 is 0 Å². The monoisotopic (exact) mass is 271 g/mol. The van der Waals surface area contributed by atoms with Crippen LogP contribution in [0.2, 0.25) is 0 Å². The van der Waals surface area contributed by atoms with E-state index in [2.05, 4.69) is 35.1 Å².